The van der Waals surface area contributed by atoms with E-state index in [1.54, 1.807) is 32.0 Å². The molecule has 0 fully saturated rings. The van der Waals surface area contributed by atoms with E-state index < -0.39 is 11.4 Å². The summed E-state index contributed by atoms with van der Waals surface area (Å²) < 4.78 is 0.784. The van der Waals surface area contributed by atoms with Crippen molar-refractivity contribution in [2.75, 3.05) is 5.73 Å². The third kappa shape index (κ3) is 3.32. The van der Waals surface area contributed by atoms with Crippen LogP contribution in [0.3, 0.4) is 0 Å². The number of halogens is 1. The van der Waals surface area contributed by atoms with E-state index in [4.69, 9.17) is 11.5 Å². The lowest BCUT2D eigenvalue weighted by Crippen LogP contribution is -2.53. The van der Waals surface area contributed by atoms with Crippen LogP contribution in [0.2, 0.25) is 0 Å². The zero-order chi connectivity index (χ0) is 13.2. The van der Waals surface area contributed by atoms with Gasteiger partial charge in [-0.25, -0.2) is 0 Å². The van der Waals surface area contributed by atoms with Gasteiger partial charge in [0.2, 0.25) is 5.91 Å². The number of hydrogen-bond acceptors (Lipinski definition) is 3. The molecule has 0 spiro atoms. The molecule has 0 aliphatic carbocycles. The number of primary amides is 1. The van der Waals surface area contributed by atoms with Crippen LogP contribution in [0.5, 0.6) is 0 Å². The minimum Gasteiger partial charge on any atom is -0.398 e. The third-order valence-electron chi connectivity index (χ3n) is 2.30. The van der Waals surface area contributed by atoms with E-state index in [1.165, 1.54) is 0 Å². The number of nitrogens with one attached hydrogen (secondary N) is 1. The zero-order valence-corrected chi connectivity index (χ0v) is 11.7. The molecule has 5 N–H and O–H groups in total. The molecule has 0 aliphatic heterocycles. The van der Waals surface area contributed by atoms with Crippen molar-refractivity contribution in [2.45, 2.75) is 19.4 Å². The van der Waals surface area contributed by atoms with Gasteiger partial charge in [-0.2, -0.15) is 0 Å². The van der Waals surface area contributed by atoms with Gasteiger partial charge in [0.25, 0.3) is 5.91 Å². The normalized spacial score (nSPS) is 11.0. The molecule has 0 heterocycles. The molecule has 0 unspecified atom stereocenters. The van der Waals surface area contributed by atoms with Crippen LogP contribution in [-0.2, 0) is 4.79 Å². The summed E-state index contributed by atoms with van der Waals surface area (Å²) in [7, 11) is 0. The highest BCUT2D eigenvalue weighted by atomic mass is 127. The molecule has 0 radical (unpaired) electrons. The molecule has 2 amide bonds. The van der Waals surface area contributed by atoms with Gasteiger partial charge < -0.3 is 16.8 Å². The van der Waals surface area contributed by atoms with Crippen molar-refractivity contribution < 1.29 is 9.59 Å². The topological polar surface area (TPSA) is 98.2 Å². The van der Waals surface area contributed by atoms with Crippen molar-refractivity contribution in [2.24, 2.45) is 5.73 Å². The van der Waals surface area contributed by atoms with Crippen LogP contribution in [0.15, 0.2) is 18.2 Å². The summed E-state index contributed by atoms with van der Waals surface area (Å²) in [6, 6.07) is 4.90. The van der Waals surface area contributed by atoms with Gasteiger partial charge in [0.1, 0.15) is 5.54 Å². The van der Waals surface area contributed by atoms with E-state index >= 15 is 0 Å². The lowest BCUT2D eigenvalue weighted by molar-refractivity contribution is -0.122. The van der Waals surface area contributed by atoms with Crippen LogP contribution in [0.25, 0.3) is 0 Å². The first-order valence-corrected chi connectivity index (χ1v) is 5.99. The largest absolute Gasteiger partial charge is 0.398 e. The molecule has 0 atom stereocenters. The van der Waals surface area contributed by atoms with E-state index in [2.05, 4.69) is 5.32 Å². The molecule has 0 aromatic heterocycles. The van der Waals surface area contributed by atoms with Crippen molar-refractivity contribution in [3.05, 3.63) is 27.3 Å². The molecule has 1 aromatic rings. The van der Waals surface area contributed by atoms with Gasteiger partial charge in [0.15, 0.2) is 0 Å². The minimum absolute atomic E-state index is 0.355. The van der Waals surface area contributed by atoms with E-state index in [9.17, 15) is 9.59 Å². The molecular formula is C11H14IN3O2. The van der Waals surface area contributed by atoms with Gasteiger partial charge in [-0.05, 0) is 54.6 Å². The maximum absolute atomic E-state index is 11.9. The molecule has 0 saturated carbocycles. The van der Waals surface area contributed by atoms with Gasteiger partial charge in [-0.1, -0.05) is 0 Å². The Morgan fingerprint density at radius 1 is 1.35 bits per heavy atom. The first-order valence-electron chi connectivity index (χ1n) is 4.91. The van der Waals surface area contributed by atoms with Crippen LogP contribution < -0.4 is 16.8 Å². The molecule has 0 aliphatic rings. The Hall–Kier alpha value is -1.31. The average molecular weight is 347 g/mol. The molecule has 1 aromatic carbocycles. The molecule has 6 heteroatoms. The SMILES string of the molecule is CC(C)(NC(=O)c1ccc(N)c(I)c1)C(N)=O. The van der Waals surface area contributed by atoms with Gasteiger partial charge in [-0.15, -0.1) is 0 Å². The van der Waals surface area contributed by atoms with Gasteiger partial charge in [0.05, 0.1) is 0 Å². The Kier molecular flexibility index (Phi) is 3.97. The summed E-state index contributed by atoms with van der Waals surface area (Å²) in [5, 5.41) is 2.56. The summed E-state index contributed by atoms with van der Waals surface area (Å²) in [6.45, 7) is 3.10. The highest BCUT2D eigenvalue weighted by molar-refractivity contribution is 14.1. The van der Waals surface area contributed by atoms with Crippen LogP contribution in [0.4, 0.5) is 5.69 Å². The molecule has 17 heavy (non-hydrogen) atoms. The Morgan fingerprint density at radius 3 is 2.41 bits per heavy atom. The fourth-order valence-corrected chi connectivity index (χ4v) is 1.60. The number of carbonyl (C=O) groups is 2. The summed E-state index contributed by atoms with van der Waals surface area (Å²) in [4.78, 5) is 23.0. The number of amides is 2. The van der Waals surface area contributed by atoms with E-state index in [1.807, 2.05) is 22.6 Å². The first kappa shape index (κ1) is 13.8. The lowest BCUT2D eigenvalue weighted by Gasteiger charge is -2.22. The van der Waals surface area contributed by atoms with E-state index in [-0.39, 0.29) is 5.91 Å². The Labute approximate surface area is 113 Å². The van der Waals surface area contributed by atoms with Crippen molar-refractivity contribution in [3.8, 4) is 0 Å². The summed E-state index contributed by atoms with van der Waals surface area (Å²) >= 11 is 2.04. The first-order chi connectivity index (χ1) is 7.74. The van der Waals surface area contributed by atoms with Crippen LogP contribution in [0.1, 0.15) is 24.2 Å². The van der Waals surface area contributed by atoms with Crippen molar-refractivity contribution in [1.29, 1.82) is 0 Å². The van der Waals surface area contributed by atoms with Crippen LogP contribution in [0, 0.1) is 3.57 Å². The summed E-state index contributed by atoms with van der Waals surface area (Å²) in [5.41, 5.74) is 10.8. The summed E-state index contributed by atoms with van der Waals surface area (Å²) in [5.74, 6) is -0.942. The van der Waals surface area contributed by atoms with Gasteiger partial charge in [0, 0.05) is 14.8 Å². The van der Waals surface area contributed by atoms with Gasteiger partial charge >= 0.3 is 0 Å². The average Bonchev–Trinajstić information content (AvgIpc) is 2.21. The number of hydrogen-bond donors (Lipinski definition) is 3. The Bertz CT molecular complexity index is 472. The molecule has 0 bridgehead atoms. The fourth-order valence-electron chi connectivity index (χ4n) is 1.09. The minimum atomic E-state index is -1.08. The molecule has 5 nitrogen and oxygen atoms in total. The predicted molar refractivity (Wildman–Crippen MR) is 74.3 cm³/mol. The predicted octanol–water partition coefficient (Wildman–Crippen LogP) is 0.867. The third-order valence-corrected chi connectivity index (χ3v) is 3.24. The smallest absolute Gasteiger partial charge is 0.252 e. The van der Waals surface area contributed by atoms with Crippen LogP contribution in [-0.4, -0.2) is 17.4 Å². The molecule has 1 rings (SSSR count). The standard InChI is InChI=1S/C11H14IN3O2/c1-11(2,10(14)17)15-9(16)6-3-4-8(13)7(12)5-6/h3-5H,13H2,1-2H3,(H2,14,17)(H,15,16). The molecule has 92 valence electrons. The second-order valence-electron chi connectivity index (χ2n) is 4.18. The fraction of sp³-hybridized carbons (Fsp3) is 0.273. The quantitative estimate of drug-likeness (QED) is 0.559. The Balaban J connectivity index is 2.91. The Morgan fingerprint density at radius 2 is 1.94 bits per heavy atom. The van der Waals surface area contributed by atoms with Crippen molar-refractivity contribution in [3.63, 3.8) is 0 Å². The van der Waals surface area contributed by atoms with Crippen molar-refractivity contribution >= 4 is 40.1 Å². The highest BCUT2D eigenvalue weighted by Gasteiger charge is 2.27. The van der Waals surface area contributed by atoms with Crippen LogP contribution >= 0.6 is 22.6 Å². The number of nitrogens with two attached hydrogens (primary N) is 2. The second kappa shape index (κ2) is 4.91. The number of benzene rings is 1. The lowest BCUT2D eigenvalue weighted by atomic mass is 10.0. The highest BCUT2D eigenvalue weighted by Crippen LogP contribution is 2.16. The number of carbonyl (C=O) groups excluding carboxylic acids is 2. The van der Waals surface area contributed by atoms with Gasteiger partial charge in [-0.3, -0.25) is 9.59 Å². The van der Waals surface area contributed by atoms with Crippen molar-refractivity contribution in [1.82, 2.24) is 5.32 Å². The van der Waals surface area contributed by atoms with E-state index in [0.717, 1.165) is 3.57 Å². The second-order valence-corrected chi connectivity index (χ2v) is 5.34. The molecule has 0 saturated heterocycles. The monoisotopic (exact) mass is 347 g/mol. The number of rotatable bonds is 3. The number of nitrogen functional groups attached to an aromatic ring is 1. The zero-order valence-electron chi connectivity index (χ0n) is 9.58. The van der Waals surface area contributed by atoms with E-state index in [0.29, 0.717) is 11.3 Å². The maximum atomic E-state index is 11.9. The maximum Gasteiger partial charge on any atom is 0.252 e. The molecular weight excluding hydrogens is 333 g/mol. The number of anilines is 1. The summed E-state index contributed by atoms with van der Waals surface area (Å²) in [6.07, 6.45) is 0.